The molecule has 0 saturated heterocycles. The Bertz CT molecular complexity index is 1040. The van der Waals surface area contributed by atoms with Crippen molar-refractivity contribution in [3.05, 3.63) is 35.8 Å². The zero-order chi connectivity index (χ0) is 23.7. The maximum absolute atomic E-state index is 12.6. The molecule has 0 amide bonds. The third-order valence-electron chi connectivity index (χ3n) is 4.57. The van der Waals surface area contributed by atoms with Gasteiger partial charge < -0.3 is 28.7 Å². The zero-order valence-electron chi connectivity index (χ0n) is 19.0. The van der Waals surface area contributed by atoms with Gasteiger partial charge in [0.05, 0.1) is 25.6 Å². The van der Waals surface area contributed by atoms with E-state index >= 15 is 0 Å². The molecule has 0 radical (unpaired) electrons. The third-order valence-corrected chi connectivity index (χ3v) is 4.57. The van der Waals surface area contributed by atoms with E-state index < -0.39 is 29.1 Å². The summed E-state index contributed by atoms with van der Waals surface area (Å²) < 4.78 is 26.5. The van der Waals surface area contributed by atoms with Crippen LogP contribution in [0, 0.1) is 0 Å². The molecule has 2 heterocycles. The molecule has 0 atom stereocenters. The van der Waals surface area contributed by atoms with Crippen molar-refractivity contribution < 1.29 is 37.7 Å². The minimum Gasteiger partial charge on any atom is -0.484 e. The summed E-state index contributed by atoms with van der Waals surface area (Å²) in [6.07, 6.45) is 1.56. The molecule has 0 bridgehead atoms. The van der Waals surface area contributed by atoms with Crippen LogP contribution in [0.4, 0.5) is 5.69 Å². The van der Waals surface area contributed by atoms with E-state index in [9.17, 15) is 14.4 Å². The highest BCUT2D eigenvalue weighted by Gasteiger charge is 2.32. The Morgan fingerprint density at radius 2 is 1.69 bits per heavy atom. The number of fused-ring (bicyclic) bond motifs is 3. The minimum absolute atomic E-state index is 0.0985. The highest BCUT2D eigenvalue weighted by Crippen LogP contribution is 2.43. The lowest BCUT2D eigenvalue weighted by Gasteiger charge is -2.28. The number of furan rings is 1. The van der Waals surface area contributed by atoms with Crippen LogP contribution in [-0.4, -0.2) is 42.8 Å². The van der Waals surface area contributed by atoms with Gasteiger partial charge in [-0.05, 0) is 52.8 Å². The summed E-state index contributed by atoms with van der Waals surface area (Å²) in [5, 5.41) is 3.10. The Morgan fingerprint density at radius 1 is 1.00 bits per heavy atom. The summed E-state index contributed by atoms with van der Waals surface area (Å²) >= 11 is 0. The standard InChI is InChI=1S/C23H27NO8/c1-22(2,3)31-20(26)21(27)32-23(4,5)12-24-15-8-7-14-13-9-10-29-16(13)11-30-18(14)17(15)19(25)28-6/h7-10,24H,11-12H2,1-6H3. The van der Waals surface area contributed by atoms with Gasteiger partial charge >= 0.3 is 17.9 Å². The maximum atomic E-state index is 12.6. The second-order valence-electron chi connectivity index (χ2n) is 8.91. The van der Waals surface area contributed by atoms with E-state index in [4.69, 9.17) is 23.4 Å². The molecular formula is C23H27NO8. The molecular weight excluding hydrogens is 418 g/mol. The molecule has 0 unspecified atom stereocenters. The number of rotatable bonds is 5. The second kappa shape index (κ2) is 8.57. The lowest BCUT2D eigenvalue weighted by molar-refractivity contribution is -0.181. The zero-order valence-corrected chi connectivity index (χ0v) is 19.0. The lowest BCUT2D eigenvalue weighted by Crippen LogP contribution is -2.40. The van der Waals surface area contributed by atoms with Crippen molar-refractivity contribution in [3.63, 3.8) is 0 Å². The van der Waals surface area contributed by atoms with Gasteiger partial charge in [-0.25, -0.2) is 14.4 Å². The SMILES string of the molecule is COC(=O)c1c(NCC(C)(C)OC(=O)C(=O)OC(C)(C)C)ccc2c1OCc1occc1-2. The molecule has 9 heteroatoms. The van der Waals surface area contributed by atoms with Crippen molar-refractivity contribution in [1.82, 2.24) is 0 Å². The van der Waals surface area contributed by atoms with Crippen molar-refractivity contribution in [1.29, 1.82) is 0 Å². The Morgan fingerprint density at radius 3 is 2.34 bits per heavy atom. The topological polar surface area (TPSA) is 113 Å². The third kappa shape index (κ3) is 5.04. The number of nitrogens with one attached hydrogen (secondary N) is 1. The van der Waals surface area contributed by atoms with Crippen LogP contribution in [-0.2, 0) is 30.4 Å². The van der Waals surface area contributed by atoms with Crippen molar-refractivity contribution in [2.45, 2.75) is 52.4 Å². The molecule has 172 valence electrons. The molecule has 0 spiro atoms. The van der Waals surface area contributed by atoms with E-state index in [0.29, 0.717) is 22.8 Å². The summed E-state index contributed by atoms with van der Waals surface area (Å²) in [6.45, 7) is 8.51. The lowest BCUT2D eigenvalue weighted by atomic mass is 9.98. The summed E-state index contributed by atoms with van der Waals surface area (Å²) in [5.41, 5.74) is 0.299. The normalized spacial score (nSPS) is 12.7. The van der Waals surface area contributed by atoms with Gasteiger partial charge in [-0.15, -0.1) is 0 Å². The van der Waals surface area contributed by atoms with Gasteiger partial charge in [0.25, 0.3) is 0 Å². The van der Waals surface area contributed by atoms with Crippen LogP contribution in [0.15, 0.2) is 28.9 Å². The summed E-state index contributed by atoms with van der Waals surface area (Å²) in [6, 6.07) is 5.32. The van der Waals surface area contributed by atoms with E-state index in [1.807, 2.05) is 6.07 Å². The van der Waals surface area contributed by atoms with E-state index in [1.54, 1.807) is 53.0 Å². The molecule has 3 rings (SSSR count). The van der Waals surface area contributed by atoms with Crippen molar-refractivity contribution >= 4 is 23.6 Å². The van der Waals surface area contributed by atoms with Crippen molar-refractivity contribution in [3.8, 4) is 16.9 Å². The number of methoxy groups -OCH3 is 1. The molecule has 9 nitrogen and oxygen atoms in total. The fraction of sp³-hybridized carbons (Fsp3) is 0.435. The first kappa shape index (κ1) is 23.2. The monoisotopic (exact) mass is 445 g/mol. The van der Waals surface area contributed by atoms with E-state index in [0.717, 1.165) is 5.56 Å². The fourth-order valence-electron chi connectivity index (χ4n) is 3.18. The number of anilines is 1. The Labute approximate surface area is 186 Å². The van der Waals surface area contributed by atoms with Crippen LogP contribution < -0.4 is 10.1 Å². The Kier molecular flexibility index (Phi) is 6.20. The van der Waals surface area contributed by atoms with Crippen LogP contribution in [0.1, 0.15) is 50.7 Å². The molecule has 0 fully saturated rings. The minimum atomic E-state index is -1.10. The summed E-state index contributed by atoms with van der Waals surface area (Å²) in [7, 11) is 1.28. The number of esters is 3. The highest BCUT2D eigenvalue weighted by atomic mass is 16.6. The number of carbonyl (C=O) groups is 3. The first-order chi connectivity index (χ1) is 14.9. The molecule has 32 heavy (non-hydrogen) atoms. The number of hydrogen-bond acceptors (Lipinski definition) is 9. The number of hydrogen-bond donors (Lipinski definition) is 1. The first-order valence-electron chi connectivity index (χ1n) is 10.1. The van der Waals surface area contributed by atoms with Gasteiger partial charge in [-0.1, -0.05) is 0 Å². The first-order valence-corrected chi connectivity index (χ1v) is 10.1. The van der Waals surface area contributed by atoms with E-state index in [2.05, 4.69) is 5.32 Å². The Balaban J connectivity index is 1.80. The quantitative estimate of drug-likeness (QED) is 0.418. The molecule has 2 aromatic rings. The molecule has 1 aliphatic heterocycles. The van der Waals surface area contributed by atoms with Crippen molar-refractivity contribution in [2.24, 2.45) is 0 Å². The molecule has 0 saturated carbocycles. The highest BCUT2D eigenvalue weighted by molar-refractivity contribution is 6.29. The molecule has 1 aromatic heterocycles. The van der Waals surface area contributed by atoms with Gasteiger partial charge in [0.2, 0.25) is 0 Å². The van der Waals surface area contributed by atoms with Crippen LogP contribution in [0.5, 0.6) is 5.75 Å². The second-order valence-corrected chi connectivity index (χ2v) is 8.91. The average molecular weight is 445 g/mol. The largest absolute Gasteiger partial charge is 0.484 e. The molecule has 0 aliphatic carbocycles. The van der Waals surface area contributed by atoms with Crippen LogP contribution in [0.25, 0.3) is 11.1 Å². The number of carbonyl (C=O) groups excluding carboxylic acids is 3. The predicted octanol–water partition coefficient (Wildman–Crippen LogP) is 3.70. The van der Waals surface area contributed by atoms with Crippen LogP contribution in [0.3, 0.4) is 0 Å². The smallest absolute Gasteiger partial charge is 0.418 e. The van der Waals surface area contributed by atoms with Gasteiger partial charge in [0, 0.05) is 11.1 Å². The Hall–Kier alpha value is -3.49. The average Bonchev–Trinajstić information content (AvgIpc) is 3.18. The number of benzene rings is 1. The molecule has 1 aliphatic rings. The number of ether oxygens (including phenoxy) is 4. The van der Waals surface area contributed by atoms with Gasteiger partial charge in [-0.3, -0.25) is 0 Å². The summed E-state index contributed by atoms with van der Waals surface area (Å²) in [5.74, 6) is -1.71. The van der Waals surface area contributed by atoms with Crippen LogP contribution >= 0.6 is 0 Å². The predicted molar refractivity (Wildman–Crippen MR) is 114 cm³/mol. The van der Waals surface area contributed by atoms with Gasteiger partial charge in [-0.2, -0.15) is 0 Å². The fourth-order valence-corrected chi connectivity index (χ4v) is 3.18. The van der Waals surface area contributed by atoms with Crippen molar-refractivity contribution in [2.75, 3.05) is 19.0 Å². The van der Waals surface area contributed by atoms with E-state index in [-0.39, 0.29) is 18.7 Å². The molecule has 1 N–H and O–H groups in total. The van der Waals surface area contributed by atoms with Gasteiger partial charge in [0.1, 0.15) is 34.9 Å². The summed E-state index contributed by atoms with van der Waals surface area (Å²) in [4.78, 5) is 36.6. The van der Waals surface area contributed by atoms with Gasteiger partial charge in [0.15, 0.2) is 0 Å². The maximum Gasteiger partial charge on any atom is 0.418 e. The van der Waals surface area contributed by atoms with Crippen LogP contribution in [0.2, 0.25) is 0 Å². The van der Waals surface area contributed by atoms with E-state index in [1.165, 1.54) is 7.11 Å². The molecule has 1 aromatic carbocycles.